The van der Waals surface area contributed by atoms with Crippen molar-refractivity contribution >= 4 is 17.6 Å². The summed E-state index contributed by atoms with van der Waals surface area (Å²) in [7, 11) is 0. The van der Waals surface area contributed by atoms with Crippen molar-refractivity contribution in [2.75, 3.05) is 13.2 Å². The van der Waals surface area contributed by atoms with Crippen LogP contribution in [0, 0.1) is 10.1 Å². The number of rotatable bonds is 5. The molecule has 0 heterocycles. The fourth-order valence-electron chi connectivity index (χ4n) is 1.23. The first kappa shape index (κ1) is 13.6. The van der Waals surface area contributed by atoms with E-state index in [1.165, 1.54) is 18.2 Å². The van der Waals surface area contributed by atoms with E-state index in [2.05, 4.69) is 10.1 Å². The van der Waals surface area contributed by atoms with Crippen molar-refractivity contribution in [3.63, 3.8) is 0 Å². The predicted octanol–water partition coefficient (Wildman–Crippen LogP) is 0.888. The first-order chi connectivity index (χ1) is 8.54. The Labute approximate surface area is 103 Å². The Morgan fingerprint density at radius 2 is 2.17 bits per heavy atom. The number of ether oxygens (including phenoxy) is 1. The molecule has 0 unspecified atom stereocenters. The number of esters is 1. The van der Waals surface area contributed by atoms with Gasteiger partial charge in [-0.3, -0.25) is 19.7 Å². The lowest BCUT2D eigenvalue weighted by Gasteiger charge is -2.04. The van der Waals surface area contributed by atoms with Crippen LogP contribution in [0.3, 0.4) is 0 Å². The van der Waals surface area contributed by atoms with Crippen molar-refractivity contribution in [2.45, 2.75) is 6.92 Å². The van der Waals surface area contributed by atoms with Crippen molar-refractivity contribution in [3.05, 3.63) is 39.9 Å². The second-order valence-corrected chi connectivity index (χ2v) is 3.30. The normalized spacial score (nSPS) is 9.61. The molecular formula is C11H12N2O5. The van der Waals surface area contributed by atoms with Crippen LogP contribution < -0.4 is 5.32 Å². The number of carbonyl (C=O) groups excluding carboxylic acids is 2. The molecule has 0 fully saturated rings. The van der Waals surface area contributed by atoms with E-state index in [-0.39, 0.29) is 24.4 Å². The van der Waals surface area contributed by atoms with Crippen LogP contribution in [0.2, 0.25) is 0 Å². The molecule has 96 valence electrons. The molecule has 0 aliphatic carbocycles. The largest absolute Gasteiger partial charge is 0.465 e. The van der Waals surface area contributed by atoms with Gasteiger partial charge in [-0.1, -0.05) is 6.07 Å². The molecule has 0 saturated heterocycles. The number of nitro benzene ring substituents is 1. The highest BCUT2D eigenvalue weighted by molar-refractivity contribution is 5.96. The highest BCUT2D eigenvalue weighted by Crippen LogP contribution is 2.12. The molecule has 7 nitrogen and oxygen atoms in total. The Bertz CT molecular complexity index is 472. The lowest BCUT2D eigenvalue weighted by molar-refractivity contribution is -0.384. The molecule has 1 aromatic carbocycles. The third kappa shape index (κ3) is 3.85. The average molecular weight is 252 g/mol. The maximum Gasteiger partial charge on any atom is 0.325 e. The molecule has 7 heteroatoms. The summed E-state index contributed by atoms with van der Waals surface area (Å²) in [5.74, 6) is -1.12. The highest BCUT2D eigenvalue weighted by atomic mass is 16.6. The Balaban J connectivity index is 2.64. The number of hydrogen-bond donors (Lipinski definition) is 1. The van der Waals surface area contributed by atoms with Gasteiger partial charge in [0.15, 0.2) is 0 Å². The molecule has 0 aliphatic rings. The zero-order chi connectivity index (χ0) is 13.5. The van der Waals surface area contributed by atoms with E-state index in [1.807, 2.05) is 0 Å². The first-order valence-corrected chi connectivity index (χ1v) is 5.23. The van der Waals surface area contributed by atoms with Crippen molar-refractivity contribution in [3.8, 4) is 0 Å². The minimum absolute atomic E-state index is 0.119. The van der Waals surface area contributed by atoms with Gasteiger partial charge in [0.25, 0.3) is 11.6 Å². The van der Waals surface area contributed by atoms with Crippen LogP contribution in [0.15, 0.2) is 24.3 Å². The Morgan fingerprint density at radius 3 is 2.78 bits per heavy atom. The summed E-state index contributed by atoms with van der Waals surface area (Å²) in [6.07, 6.45) is 0. The lowest BCUT2D eigenvalue weighted by atomic mass is 10.2. The van der Waals surface area contributed by atoms with Crippen LogP contribution in [-0.2, 0) is 9.53 Å². The van der Waals surface area contributed by atoms with Crippen LogP contribution in [0.5, 0.6) is 0 Å². The first-order valence-electron chi connectivity index (χ1n) is 5.23. The van der Waals surface area contributed by atoms with Gasteiger partial charge in [0.1, 0.15) is 6.54 Å². The van der Waals surface area contributed by atoms with E-state index in [0.717, 1.165) is 6.07 Å². The molecule has 0 aromatic heterocycles. The average Bonchev–Trinajstić information content (AvgIpc) is 2.36. The number of carbonyl (C=O) groups is 2. The molecular weight excluding hydrogens is 240 g/mol. The second kappa shape index (κ2) is 6.33. The van der Waals surface area contributed by atoms with Crippen LogP contribution in [0.1, 0.15) is 17.3 Å². The minimum atomic E-state index is -0.595. The fraction of sp³-hybridized carbons (Fsp3) is 0.273. The summed E-state index contributed by atoms with van der Waals surface area (Å²) in [5, 5.41) is 12.8. The topological polar surface area (TPSA) is 98.5 Å². The standard InChI is InChI=1S/C11H12N2O5/c1-2-18-10(14)7-12-11(15)8-4-3-5-9(6-8)13(16)17/h3-6H,2,7H2,1H3,(H,12,15). The minimum Gasteiger partial charge on any atom is -0.465 e. The Morgan fingerprint density at radius 1 is 1.44 bits per heavy atom. The van der Waals surface area contributed by atoms with Crippen molar-refractivity contribution < 1.29 is 19.2 Å². The lowest BCUT2D eigenvalue weighted by Crippen LogP contribution is -2.30. The van der Waals surface area contributed by atoms with Gasteiger partial charge in [0, 0.05) is 17.7 Å². The number of nitrogens with one attached hydrogen (secondary N) is 1. The van der Waals surface area contributed by atoms with E-state index < -0.39 is 16.8 Å². The number of non-ortho nitro benzene ring substituents is 1. The van der Waals surface area contributed by atoms with E-state index >= 15 is 0 Å². The maximum absolute atomic E-state index is 11.6. The number of hydrogen-bond acceptors (Lipinski definition) is 5. The third-order valence-electron chi connectivity index (χ3n) is 2.02. The van der Waals surface area contributed by atoms with Crippen molar-refractivity contribution in [1.29, 1.82) is 0 Å². The Hall–Kier alpha value is -2.44. The van der Waals surface area contributed by atoms with E-state index in [0.29, 0.717) is 0 Å². The number of nitro groups is 1. The van der Waals surface area contributed by atoms with Gasteiger partial charge >= 0.3 is 5.97 Å². The molecule has 0 saturated carbocycles. The van der Waals surface area contributed by atoms with Crippen LogP contribution in [0.4, 0.5) is 5.69 Å². The number of amides is 1. The van der Waals surface area contributed by atoms with Crippen molar-refractivity contribution in [1.82, 2.24) is 5.32 Å². The van der Waals surface area contributed by atoms with Gasteiger partial charge in [-0.2, -0.15) is 0 Å². The smallest absolute Gasteiger partial charge is 0.325 e. The zero-order valence-electron chi connectivity index (χ0n) is 9.71. The summed E-state index contributed by atoms with van der Waals surface area (Å²) >= 11 is 0. The summed E-state index contributed by atoms with van der Waals surface area (Å²) in [5.41, 5.74) is -0.0627. The molecule has 18 heavy (non-hydrogen) atoms. The van der Waals surface area contributed by atoms with Gasteiger partial charge < -0.3 is 10.1 Å². The summed E-state index contributed by atoms with van der Waals surface area (Å²) < 4.78 is 4.63. The molecule has 0 radical (unpaired) electrons. The van der Waals surface area contributed by atoms with E-state index in [4.69, 9.17) is 0 Å². The van der Waals surface area contributed by atoms with E-state index in [9.17, 15) is 19.7 Å². The summed E-state index contributed by atoms with van der Waals surface area (Å²) in [4.78, 5) is 32.5. The van der Waals surface area contributed by atoms with Gasteiger partial charge in [-0.15, -0.1) is 0 Å². The van der Waals surface area contributed by atoms with Gasteiger partial charge in [0.2, 0.25) is 0 Å². The zero-order valence-corrected chi connectivity index (χ0v) is 9.71. The van der Waals surface area contributed by atoms with Crippen molar-refractivity contribution in [2.24, 2.45) is 0 Å². The highest BCUT2D eigenvalue weighted by Gasteiger charge is 2.12. The summed E-state index contributed by atoms with van der Waals surface area (Å²) in [6.45, 7) is 1.61. The molecule has 1 N–H and O–H groups in total. The monoisotopic (exact) mass is 252 g/mol. The molecule has 1 rings (SSSR count). The fourth-order valence-corrected chi connectivity index (χ4v) is 1.23. The molecule has 1 aromatic rings. The van der Waals surface area contributed by atoms with Crippen LogP contribution >= 0.6 is 0 Å². The number of benzene rings is 1. The van der Waals surface area contributed by atoms with Gasteiger partial charge in [-0.05, 0) is 13.0 Å². The SMILES string of the molecule is CCOC(=O)CNC(=O)c1cccc([N+](=O)[O-])c1. The summed E-state index contributed by atoms with van der Waals surface area (Å²) in [6, 6.07) is 5.24. The quantitative estimate of drug-likeness (QED) is 0.476. The maximum atomic E-state index is 11.6. The Kier molecular flexibility index (Phi) is 4.79. The predicted molar refractivity (Wildman–Crippen MR) is 62.1 cm³/mol. The number of nitrogens with zero attached hydrogens (tertiary/aromatic N) is 1. The molecule has 0 atom stereocenters. The molecule has 1 amide bonds. The van der Waals surface area contributed by atoms with Gasteiger partial charge in [0.05, 0.1) is 11.5 Å². The molecule has 0 aliphatic heterocycles. The van der Waals surface area contributed by atoms with Crippen LogP contribution in [0.25, 0.3) is 0 Å². The third-order valence-corrected chi connectivity index (χ3v) is 2.02. The van der Waals surface area contributed by atoms with Crippen LogP contribution in [-0.4, -0.2) is 30.0 Å². The second-order valence-electron chi connectivity index (χ2n) is 3.30. The van der Waals surface area contributed by atoms with Gasteiger partial charge in [-0.25, -0.2) is 0 Å². The molecule has 0 bridgehead atoms. The van der Waals surface area contributed by atoms with E-state index in [1.54, 1.807) is 6.92 Å². The molecule has 0 spiro atoms.